The highest BCUT2D eigenvalue weighted by Gasteiger charge is 2.27. The standard InChI is InChI=1S/C17H30N6O8/c18-6-2-1-3-10(16(29)23-11(17(30)31)4-5-12(20)24)22-13(25)8-21-15(28)9(19)7-14(26)27/h9-11H,1-8,18-19H2,(H2,20,24)(H,21,28)(H,22,25)(H,23,29)(H,26,27)(H,30,31). The van der Waals surface area contributed by atoms with Crippen LogP contribution >= 0.6 is 0 Å². The van der Waals surface area contributed by atoms with E-state index < -0.39 is 66.7 Å². The maximum atomic E-state index is 12.5. The second kappa shape index (κ2) is 14.7. The van der Waals surface area contributed by atoms with Crippen LogP contribution in [0.25, 0.3) is 0 Å². The van der Waals surface area contributed by atoms with E-state index in [1.807, 2.05) is 0 Å². The number of nitrogens with two attached hydrogens (primary N) is 3. The minimum atomic E-state index is -1.39. The molecule has 0 saturated carbocycles. The zero-order valence-corrected chi connectivity index (χ0v) is 17.0. The summed E-state index contributed by atoms with van der Waals surface area (Å²) in [6.07, 6.45) is 0.0263. The van der Waals surface area contributed by atoms with Crippen LogP contribution in [0.15, 0.2) is 0 Å². The minimum Gasteiger partial charge on any atom is -0.481 e. The van der Waals surface area contributed by atoms with E-state index >= 15 is 0 Å². The molecule has 0 heterocycles. The summed E-state index contributed by atoms with van der Waals surface area (Å²) in [6, 6.07) is -3.86. The highest BCUT2D eigenvalue weighted by atomic mass is 16.4. The highest BCUT2D eigenvalue weighted by Crippen LogP contribution is 2.04. The lowest BCUT2D eigenvalue weighted by molar-refractivity contribution is -0.142. The molecular weight excluding hydrogens is 416 g/mol. The molecule has 0 saturated heterocycles. The van der Waals surface area contributed by atoms with Gasteiger partial charge in [-0.3, -0.25) is 24.0 Å². The van der Waals surface area contributed by atoms with Crippen molar-refractivity contribution in [2.24, 2.45) is 17.2 Å². The third kappa shape index (κ3) is 12.8. The largest absolute Gasteiger partial charge is 0.481 e. The summed E-state index contributed by atoms with van der Waals surface area (Å²) < 4.78 is 0. The Morgan fingerprint density at radius 1 is 0.871 bits per heavy atom. The molecule has 0 spiro atoms. The molecule has 3 atom stereocenters. The SMILES string of the molecule is NCCCCC(NC(=O)CNC(=O)C(N)CC(=O)O)C(=O)NC(CCC(N)=O)C(=O)O. The van der Waals surface area contributed by atoms with E-state index in [9.17, 15) is 33.9 Å². The molecule has 0 aliphatic heterocycles. The first kappa shape index (κ1) is 27.7. The number of nitrogens with one attached hydrogen (secondary N) is 3. The van der Waals surface area contributed by atoms with Crippen molar-refractivity contribution in [2.75, 3.05) is 13.1 Å². The second-order valence-electron chi connectivity index (χ2n) is 6.73. The van der Waals surface area contributed by atoms with Crippen LogP contribution < -0.4 is 33.2 Å². The number of carbonyl (C=O) groups is 6. The Bertz CT molecular complexity index is 671. The van der Waals surface area contributed by atoms with Crippen LogP contribution in [0.5, 0.6) is 0 Å². The van der Waals surface area contributed by atoms with Crippen molar-refractivity contribution >= 4 is 35.6 Å². The van der Waals surface area contributed by atoms with Gasteiger partial charge in [-0.15, -0.1) is 0 Å². The molecular formula is C17H30N6O8. The Morgan fingerprint density at radius 2 is 1.52 bits per heavy atom. The Morgan fingerprint density at radius 3 is 2.03 bits per heavy atom. The van der Waals surface area contributed by atoms with Gasteiger partial charge in [0.05, 0.1) is 19.0 Å². The van der Waals surface area contributed by atoms with E-state index in [-0.39, 0.29) is 19.3 Å². The van der Waals surface area contributed by atoms with Crippen molar-refractivity contribution in [1.82, 2.24) is 16.0 Å². The Kier molecular flexibility index (Phi) is 13.1. The maximum absolute atomic E-state index is 12.5. The molecule has 0 aromatic heterocycles. The number of primary amides is 1. The van der Waals surface area contributed by atoms with Crippen molar-refractivity contribution in [1.29, 1.82) is 0 Å². The second-order valence-corrected chi connectivity index (χ2v) is 6.73. The van der Waals surface area contributed by atoms with Crippen LogP contribution in [0.1, 0.15) is 38.5 Å². The summed E-state index contributed by atoms with van der Waals surface area (Å²) in [6.45, 7) is -0.229. The van der Waals surface area contributed by atoms with E-state index in [2.05, 4.69) is 16.0 Å². The topological polar surface area (TPSA) is 257 Å². The molecule has 31 heavy (non-hydrogen) atoms. The van der Waals surface area contributed by atoms with E-state index in [1.54, 1.807) is 0 Å². The fraction of sp³-hybridized carbons (Fsp3) is 0.647. The number of carbonyl (C=O) groups excluding carboxylic acids is 4. The van der Waals surface area contributed by atoms with Gasteiger partial charge >= 0.3 is 11.9 Å². The number of carboxylic acids is 2. The van der Waals surface area contributed by atoms with Gasteiger partial charge in [-0.25, -0.2) is 4.79 Å². The molecule has 0 aromatic carbocycles. The Labute approximate surface area is 178 Å². The summed E-state index contributed by atoms with van der Waals surface area (Å²) >= 11 is 0. The van der Waals surface area contributed by atoms with Gasteiger partial charge in [0.15, 0.2) is 0 Å². The number of hydrogen-bond donors (Lipinski definition) is 8. The van der Waals surface area contributed by atoms with E-state index in [0.29, 0.717) is 19.4 Å². The summed E-state index contributed by atoms with van der Waals surface area (Å²) in [4.78, 5) is 69.0. The quantitative estimate of drug-likeness (QED) is 0.108. The summed E-state index contributed by atoms with van der Waals surface area (Å²) in [5, 5.41) is 24.6. The predicted molar refractivity (Wildman–Crippen MR) is 106 cm³/mol. The van der Waals surface area contributed by atoms with Crippen LogP contribution in [-0.4, -0.2) is 77.0 Å². The lowest BCUT2D eigenvalue weighted by Crippen LogP contribution is -2.53. The first-order chi connectivity index (χ1) is 14.5. The number of aliphatic carboxylic acids is 2. The van der Waals surface area contributed by atoms with Gasteiger partial charge in [-0.1, -0.05) is 0 Å². The van der Waals surface area contributed by atoms with Crippen LogP contribution in [-0.2, 0) is 28.8 Å². The monoisotopic (exact) mass is 446 g/mol. The zero-order valence-electron chi connectivity index (χ0n) is 17.0. The summed E-state index contributed by atoms with van der Waals surface area (Å²) in [5.74, 6) is -5.82. The predicted octanol–water partition coefficient (Wildman–Crippen LogP) is -3.65. The third-order valence-electron chi connectivity index (χ3n) is 4.05. The maximum Gasteiger partial charge on any atom is 0.326 e. The van der Waals surface area contributed by atoms with Gasteiger partial charge in [0.1, 0.15) is 12.1 Å². The normalized spacial score (nSPS) is 13.4. The number of hydrogen-bond acceptors (Lipinski definition) is 8. The van der Waals surface area contributed by atoms with Crippen molar-refractivity contribution in [2.45, 2.75) is 56.7 Å². The van der Waals surface area contributed by atoms with Gasteiger partial charge in [0.25, 0.3) is 0 Å². The van der Waals surface area contributed by atoms with Crippen molar-refractivity contribution in [3.8, 4) is 0 Å². The molecule has 0 bridgehead atoms. The first-order valence-electron chi connectivity index (χ1n) is 9.53. The first-order valence-corrected chi connectivity index (χ1v) is 9.53. The molecule has 0 aromatic rings. The highest BCUT2D eigenvalue weighted by molar-refractivity contribution is 5.93. The molecule has 0 aliphatic carbocycles. The van der Waals surface area contributed by atoms with Gasteiger partial charge in [0, 0.05) is 6.42 Å². The molecule has 3 unspecified atom stereocenters. The van der Waals surface area contributed by atoms with E-state index in [1.165, 1.54) is 0 Å². The fourth-order valence-corrected chi connectivity index (χ4v) is 2.40. The molecule has 14 heteroatoms. The molecule has 176 valence electrons. The summed E-state index contributed by atoms with van der Waals surface area (Å²) in [5.41, 5.74) is 15.8. The Hall–Kier alpha value is -3.26. The molecule has 0 aliphatic rings. The van der Waals surface area contributed by atoms with Crippen molar-refractivity contribution in [3.63, 3.8) is 0 Å². The van der Waals surface area contributed by atoms with Gasteiger partial charge < -0.3 is 43.4 Å². The molecule has 0 rings (SSSR count). The lowest BCUT2D eigenvalue weighted by Gasteiger charge is -2.21. The smallest absolute Gasteiger partial charge is 0.326 e. The lowest BCUT2D eigenvalue weighted by atomic mass is 10.1. The van der Waals surface area contributed by atoms with E-state index in [0.717, 1.165) is 0 Å². The number of rotatable bonds is 16. The average molecular weight is 446 g/mol. The number of unbranched alkanes of at least 4 members (excludes halogenated alkanes) is 1. The van der Waals surface area contributed by atoms with Crippen molar-refractivity contribution < 1.29 is 39.0 Å². The molecule has 0 fully saturated rings. The summed E-state index contributed by atoms with van der Waals surface area (Å²) in [7, 11) is 0. The molecule has 4 amide bonds. The minimum absolute atomic E-state index is 0.142. The molecule has 11 N–H and O–H groups in total. The van der Waals surface area contributed by atoms with Crippen LogP contribution in [0.4, 0.5) is 0 Å². The van der Waals surface area contributed by atoms with Crippen LogP contribution in [0, 0.1) is 0 Å². The number of amides is 4. The fourth-order valence-electron chi connectivity index (χ4n) is 2.40. The third-order valence-corrected chi connectivity index (χ3v) is 4.05. The average Bonchev–Trinajstić information content (AvgIpc) is 2.67. The van der Waals surface area contributed by atoms with E-state index in [4.69, 9.17) is 22.3 Å². The van der Waals surface area contributed by atoms with Gasteiger partial charge in [-0.05, 0) is 32.2 Å². The van der Waals surface area contributed by atoms with Gasteiger partial charge in [0.2, 0.25) is 23.6 Å². The number of carboxylic acid groups (broad SMARTS) is 2. The Balaban J connectivity index is 4.94. The molecule has 14 nitrogen and oxygen atoms in total. The van der Waals surface area contributed by atoms with Gasteiger partial charge in [-0.2, -0.15) is 0 Å². The zero-order chi connectivity index (χ0) is 24.0. The molecule has 0 radical (unpaired) electrons. The van der Waals surface area contributed by atoms with Crippen LogP contribution in [0.3, 0.4) is 0 Å². The van der Waals surface area contributed by atoms with Crippen LogP contribution in [0.2, 0.25) is 0 Å². The van der Waals surface area contributed by atoms with Crippen molar-refractivity contribution in [3.05, 3.63) is 0 Å².